The molecule has 0 amide bonds. The fourth-order valence-corrected chi connectivity index (χ4v) is 2.19. The Morgan fingerprint density at radius 2 is 1.88 bits per heavy atom. The number of piperidine rings is 1. The van der Waals surface area contributed by atoms with E-state index in [1.807, 2.05) is 0 Å². The van der Waals surface area contributed by atoms with Crippen LogP contribution in [-0.4, -0.2) is 28.2 Å². The van der Waals surface area contributed by atoms with Crippen LogP contribution in [0.25, 0.3) is 0 Å². The smallest absolute Gasteiger partial charge is 0.225 e. The second-order valence-corrected chi connectivity index (χ2v) is 5.20. The third-order valence-electron chi connectivity index (χ3n) is 3.98. The van der Waals surface area contributed by atoms with Crippen molar-refractivity contribution in [1.82, 2.24) is 9.97 Å². The molecule has 1 N–H and O–H groups in total. The molecule has 94 valence electrons. The molecule has 4 heteroatoms. The van der Waals surface area contributed by atoms with Crippen molar-refractivity contribution in [2.45, 2.75) is 39.7 Å². The molecule has 0 spiro atoms. The van der Waals surface area contributed by atoms with Crippen LogP contribution in [0.15, 0.2) is 12.4 Å². The average molecular weight is 235 g/mol. The zero-order chi connectivity index (χ0) is 12.3. The van der Waals surface area contributed by atoms with E-state index in [1.165, 1.54) is 19.3 Å². The van der Waals surface area contributed by atoms with E-state index in [1.54, 1.807) is 12.4 Å². The SMILES string of the molecule is CCC1(C)CCN(c2ncc(CO)cn2)CC1. The van der Waals surface area contributed by atoms with Gasteiger partial charge in [-0.25, -0.2) is 9.97 Å². The van der Waals surface area contributed by atoms with Gasteiger partial charge < -0.3 is 10.0 Å². The molecule has 0 atom stereocenters. The summed E-state index contributed by atoms with van der Waals surface area (Å²) in [5.74, 6) is 0.792. The largest absolute Gasteiger partial charge is 0.392 e. The Morgan fingerprint density at radius 3 is 2.35 bits per heavy atom. The Hall–Kier alpha value is -1.16. The predicted octanol–water partition coefficient (Wildman–Crippen LogP) is 1.99. The molecule has 0 saturated carbocycles. The van der Waals surface area contributed by atoms with Crippen LogP contribution in [0, 0.1) is 5.41 Å². The van der Waals surface area contributed by atoms with Gasteiger partial charge in [-0.15, -0.1) is 0 Å². The Bertz CT molecular complexity index is 355. The number of aromatic nitrogens is 2. The Kier molecular flexibility index (Phi) is 3.62. The van der Waals surface area contributed by atoms with Crippen molar-refractivity contribution in [3.8, 4) is 0 Å². The maximum Gasteiger partial charge on any atom is 0.225 e. The quantitative estimate of drug-likeness (QED) is 0.870. The van der Waals surface area contributed by atoms with Crippen LogP contribution in [-0.2, 0) is 6.61 Å². The lowest BCUT2D eigenvalue weighted by Crippen LogP contribution is -2.39. The van der Waals surface area contributed by atoms with Gasteiger partial charge in [-0.05, 0) is 18.3 Å². The van der Waals surface area contributed by atoms with E-state index >= 15 is 0 Å². The normalized spacial score (nSPS) is 19.4. The maximum absolute atomic E-state index is 8.95. The van der Waals surface area contributed by atoms with Gasteiger partial charge >= 0.3 is 0 Å². The number of rotatable bonds is 3. The summed E-state index contributed by atoms with van der Waals surface area (Å²) in [5.41, 5.74) is 1.26. The predicted molar refractivity (Wildman–Crippen MR) is 67.8 cm³/mol. The monoisotopic (exact) mass is 235 g/mol. The zero-order valence-corrected chi connectivity index (χ0v) is 10.7. The lowest BCUT2D eigenvalue weighted by Gasteiger charge is -2.38. The Balaban J connectivity index is 2.00. The van der Waals surface area contributed by atoms with Crippen LogP contribution in [0.4, 0.5) is 5.95 Å². The van der Waals surface area contributed by atoms with Gasteiger partial charge in [-0.1, -0.05) is 20.3 Å². The fourth-order valence-electron chi connectivity index (χ4n) is 2.19. The molecule has 2 rings (SSSR count). The van der Waals surface area contributed by atoms with Crippen LogP contribution >= 0.6 is 0 Å². The van der Waals surface area contributed by atoms with Crippen molar-refractivity contribution in [2.24, 2.45) is 5.41 Å². The van der Waals surface area contributed by atoms with Crippen molar-refractivity contribution in [2.75, 3.05) is 18.0 Å². The molecule has 1 fully saturated rings. The van der Waals surface area contributed by atoms with Gasteiger partial charge in [0.1, 0.15) is 0 Å². The second kappa shape index (κ2) is 5.00. The molecule has 2 heterocycles. The molecule has 4 nitrogen and oxygen atoms in total. The number of aliphatic hydroxyl groups excluding tert-OH is 1. The topological polar surface area (TPSA) is 49.2 Å². The molecule has 0 aromatic carbocycles. The fraction of sp³-hybridized carbons (Fsp3) is 0.692. The molecule has 1 saturated heterocycles. The standard InChI is InChI=1S/C13H21N3O/c1-3-13(2)4-6-16(7-5-13)12-14-8-11(10-17)9-15-12/h8-9,17H,3-7,10H2,1-2H3. The van der Waals surface area contributed by atoms with Gasteiger partial charge in [-0.3, -0.25) is 0 Å². The van der Waals surface area contributed by atoms with E-state index in [2.05, 4.69) is 28.7 Å². The summed E-state index contributed by atoms with van der Waals surface area (Å²) in [6.45, 7) is 6.70. The first-order valence-corrected chi connectivity index (χ1v) is 6.33. The van der Waals surface area contributed by atoms with Crippen LogP contribution in [0.5, 0.6) is 0 Å². The van der Waals surface area contributed by atoms with E-state index < -0.39 is 0 Å². The number of anilines is 1. The Morgan fingerprint density at radius 1 is 1.29 bits per heavy atom. The molecule has 0 bridgehead atoms. The highest BCUT2D eigenvalue weighted by molar-refractivity contribution is 5.30. The molecule has 0 radical (unpaired) electrons. The van der Waals surface area contributed by atoms with E-state index in [0.29, 0.717) is 5.41 Å². The lowest BCUT2D eigenvalue weighted by molar-refractivity contribution is 0.237. The first-order valence-electron chi connectivity index (χ1n) is 6.33. The van der Waals surface area contributed by atoms with Gasteiger partial charge in [0.05, 0.1) is 6.61 Å². The number of nitrogens with zero attached hydrogens (tertiary/aromatic N) is 3. The van der Waals surface area contributed by atoms with E-state index in [9.17, 15) is 0 Å². The second-order valence-electron chi connectivity index (χ2n) is 5.20. The van der Waals surface area contributed by atoms with Crippen LogP contribution in [0.3, 0.4) is 0 Å². The highest BCUT2D eigenvalue weighted by Crippen LogP contribution is 2.34. The summed E-state index contributed by atoms with van der Waals surface area (Å²) >= 11 is 0. The summed E-state index contributed by atoms with van der Waals surface area (Å²) in [4.78, 5) is 10.8. The van der Waals surface area contributed by atoms with Gasteiger partial charge in [-0.2, -0.15) is 0 Å². The van der Waals surface area contributed by atoms with Crippen molar-refractivity contribution in [3.05, 3.63) is 18.0 Å². The number of aliphatic hydroxyl groups is 1. The minimum atomic E-state index is 0.00812. The van der Waals surface area contributed by atoms with Crippen LogP contribution in [0.2, 0.25) is 0 Å². The van der Waals surface area contributed by atoms with E-state index in [-0.39, 0.29) is 6.61 Å². The summed E-state index contributed by atoms with van der Waals surface area (Å²) < 4.78 is 0. The first-order chi connectivity index (χ1) is 8.17. The zero-order valence-electron chi connectivity index (χ0n) is 10.7. The molecular weight excluding hydrogens is 214 g/mol. The summed E-state index contributed by atoms with van der Waals surface area (Å²) in [6, 6.07) is 0. The van der Waals surface area contributed by atoms with Crippen LogP contribution < -0.4 is 4.90 Å². The minimum absolute atomic E-state index is 0.00812. The van der Waals surface area contributed by atoms with Gasteiger partial charge in [0.25, 0.3) is 0 Å². The average Bonchev–Trinajstić information content (AvgIpc) is 2.40. The van der Waals surface area contributed by atoms with E-state index in [0.717, 1.165) is 24.6 Å². The van der Waals surface area contributed by atoms with E-state index in [4.69, 9.17) is 5.11 Å². The summed E-state index contributed by atoms with van der Waals surface area (Å²) in [5, 5.41) is 8.95. The highest BCUT2D eigenvalue weighted by Gasteiger charge is 2.29. The molecular formula is C13H21N3O. The molecule has 1 aliphatic heterocycles. The molecule has 0 unspecified atom stereocenters. The van der Waals surface area contributed by atoms with Crippen LogP contribution in [0.1, 0.15) is 38.7 Å². The first kappa shape index (κ1) is 12.3. The molecule has 1 aromatic heterocycles. The highest BCUT2D eigenvalue weighted by atomic mass is 16.3. The third kappa shape index (κ3) is 2.75. The lowest BCUT2D eigenvalue weighted by atomic mass is 9.78. The molecule has 1 aliphatic rings. The number of hydrogen-bond donors (Lipinski definition) is 1. The van der Waals surface area contributed by atoms with Gasteiger partial charge in [0, 0.05) is 31.0 Å². The number of hydrogen-bond acceptors (Lipinski definition) is 4. The van der Waals surface area contributed by atoms with Crippen molar-refractivity contribution in [1.29, 1.82) is 0 Å². The third-order valence-corrected chi connectivity index (χ3v) is 3.98. The van der Waals surface area contributed by atoms with Crippen molar-refractivity contribution < 1.29 is 5.11 Å². The van der Waals surface area contributed by atoms with Gasteiger partial charge in [0.15, 0.2) is 0 Å². The summed E-state index contributed by atoms with van der Waals surface area (Å²) in [7, 11) is 0. The van der Waals surface area contributed by atoms with Gasteiger partial charge in [0.2, 0.25) is 5.95 Å². The molecule has 17 heavy (non-hydrogen) atoms. The van der Waals surface area contributed by atoms with Crippen molar-refractivity contribution >= 4 is 5.95 Å². The Labute approximate surface area is 103 Å². The summed E-state index contributed by atoms with van der Waals surface area (Å²) in [6.07, 6.45) is 7.06. The van der Waals surface area contributed by atoms with Crippen molar-refractivity contribution in [3.63, 3.8) is 0 Å². The molecule has 1 aromatic rings. The minimum Gasteiger partial charge on any atom is -0.392 e. The maximum atomic E-state index is 8.95. The molecule has 0 aliphatic carbocycles.